The van der Waals surface area contributed by atoms with Crippen molar-refractivity contribution in [3.05, 3.63) is 40.2 Å². The number of nitrogens with zero attached hydrogens (tertiary/aromatic N) is 4. The lowest BCUT2D eigenvalue weighted by Gasteiger charge is -2.15. The number of anilines is 3. The molecule has 0 bridgehead atoms. The fourth-order valence-corrected chi connectivity index (χ4v) is 2.64. The minimum atomic E-state index is -0.521. The number of hydrogen-bond acceptors (Lipinski definition) is 5. The highest BCUT2D eigenvalue weighted by molar-refractivity contribution is 5.94. The molecule has 1 N–H and O–H groups in total. The zero-order chi connectivity index (χ0) is 15.9. The molecular formula is C14H15N5O3. The normalized spacial score (nSPS) is 13.1. The highest BCUT2D eigenvalue weighted by Crippen LogP contribution is 2.32. The van der Waals surface area contributed by atoms with Gasteiger partial charge < -0.3 is 20.3 Å². The largest absolute Gasteiger partial charge is 0.406 e. The Bertz CT molecular complexity index is 768. The molecule has 1 aliphatic rings. The fraction of sp³-hybridized carbons (Fsp3) is 0.286. The monoisotopic (exact) mass is 301 g/mol. The van der Waals surface area contributed by atoms with E-state index in [2.05, 4.69) is 10.3 Å². The standard InChI is InChI=1S/C14H15N5O3/c1-9(20)18-6-5-10-7-11(3-4-12(10)18)16-14-13(19(21)22)15-8-17(14)2/h3-4,7-8,16H,5-6H2,1-2H3. The summed E-state index contributed by atoms with van der Waals surface area (Å²) in [5.41, 5.74) is 2.68. The van der Waals surface area contributed by atoms with E-state index in [-0.39, 0.29) is 11.7 Å². The van der Waals surface area contributed by atoms with Crippen molar-refractivity contribution in [3.63, 3.8) is 0 Å². The summed E-state index contributed by atoms with van der Waals surface area (Å²) in [6.45, 7) is 2.21. The maximum atomic E-state index is 11.5. The number of rotatable bonds is 3. The van der Waals surface area contributed by atoms with Crippen LogP contribution in [0.5, 0.6) is 0 Å². The summed E-state index contributed by atoms with van der Waals surface area (Å²) in [6, 6.07) is 5.57. The van der Waals surface area contributed by atoms with E-state index < -0.39 is 4.92 Å². The van der Waals surface area contributed by atoms with Crippen LogP contribution in [0.3, 0.4) is 0 Å². The van der Waals surface area contributed by atoms with E-state index in [1.165, 1.54) is 6.33 Å². The van der Waals surface area contributed by atoms with Crippen molar-refractivity contribution in [1.82, 2.24) is 9.55 Å². The number of carbonyl (C=O) groups is 1. The molecule has 0 aliphatic carbocycles. The van der Waals surface area contributed by atoms with E-state index in [4.69, 9.17) is 0 Å². The lowest BCUT2D eigenvalue weighted by Crippen LogP contribution is -2.25. The molecule has 2 aromatic rings. The number of fused-ring (bicyclic) bond motifs is 1. The molecule has 0 spiro atoms. The first-order valence-electron chi connectivity index (χ1n) is 6.81. The molecule has 1 aliphatic heterocycles. The molecular weight excluding hydrogens is 286 g/mol. The van der Waals surface area contributed by atoms with Crippen LogP contribution >= 0.6 is 0 Å². The topological polar surface area (TPSA) is 93.3 Å². The first-order chi connectivity index (χ1) is 10.5. The summed E-state index contributed by atoms with van der Waals surface area (Å²) >= 11 is 0. The second kappa shape index (κ2) is 5.14. The molecule has 114 valence electrons. The van der Waals surface area contributed by atoms with Crippen LogP contribution < -0.4 is 10.2 Å². The Balaban J connectivity index is 1.91. The van der Waals surface area contributed by atoms with Gasteiger partial charge in [-0.3, -0.25) is 9.36 Å². The number of aromatic nitrogens is 2. The van der Waals surface area contributed by atoms with Crippen LogP contribution in [0.2, 0.25) is 0 Å². The summed E-state index contributed by atoms with van der Waals surface area (Å²) in [7, 11) is 1.69. The van der Waals surface area contributed by atoms with Gasteiger partial charge in [0.05, 0.1) is 0 Å². The van der Waals surface area contributed by atoms with Crippen LogP contribution in [0.4, 0.5) is 23.0 Å². The fourth-order valence-electron chi connectivity index (χ4n) is 2.64. The molecule has 0 radical (unpaired) electrons. The molecule has 0 fully saturated rings. The van der Waals surface area contributed by atoms with Gasteiger partial charge in [0.1, 0.15) is 0 Å². The molecule has 22 heavy (non-hydrogen) atoms. The predicted octanol–water partition coefficient (Wildman–Crippen LogP) is 1.98. The van der Waals surface area contributed by atoms with E-state index in [9.17, 15) is 14.9 Å². The van der Waals surface area contributed by atoms with E-state index in [0.29, 0.717) is 12.4 Å². The minimum absolute atomic E-state index is 0.0155. The molecule has 0 saturated heterocycles. The first kappa shape index (κ1) is 14.1. The van der Waals surface area contributed by atoms with Crippen molar-refractivity contribution in [1.29, 1.82) is 0 Å². The third-order valence-electron chi connectivity index (χ3n) is 3.71. The Morgan fingerprint density at radius 2 is 2.23 bits per heavy atom. The van der Waals surface area contributed by atoms with Gasteiger partial charge in [-0.1, -0.05) is 0 Å². The highest BCUT2D eigenvalue weighted by Gasteiger charge is 2.24. The van der Waals surface area contributed by atoms with E-state index in [1.54, 1.807) is 29.5 Å². The molecule has 1 amide bonds. The maximum absolute atomic E-state index is 11.5. The number of hydrogen-bond donors (Lipinski definition) is 1. The number of benzene rings is 1. The number of carbonyl (C=O) groups excluding carboxylic acids is 1. The molecule has 0 unspecified atom stereocenters. The molecule has 1 aromatic heterocycles. The number of nitrogens with one attached hydrogen (secondary N) is 1. The predicted molar refractivity (Wildman–Crippen MR) is 81.3 cm³/mol. The van der Waals surface area contributed by atoms with Gasteiger partial charge in [0.25, 0.3) is 0 Å². The van der Waals surface area contributed by atoms with Crippen LogP contribution in [0.15, 0.2) is 24.5 Å². The molecule has 8 nitrogen and oxygen atoms in total. The van der Waals surface area contributed by atoms with Crippen molar-refractivity contribution in [2.75, 3.05) is 16.8 Å². The summed E-state index contributed by atoms with van der Waals surface area (Å²) in [5.74, 6) is 0.126. The van der Waals surface area contributed by atoms with Crippen molar-refractivity contribution in [2.24, 2.45) is 7.05 Å². The molecule has 0 saturated carbocycles. The quantitative estimate of drug-likeness (QED) is 0.691. The van der Waals surface area contributed by atoms with Gasteiger partial charge in [-0.05, 0) is 40.1 Å². The van der Waals surface area contributed by atoms with Crippen molar-refractivity contribution < 1.29 is 9.72 Å². The summed E-state index contributed by atoms with van der Waals surface area (Å²) in [6.07, 6.45) is 2.17. The minimum Gasteiger partial charge on any atom is -0.358 e. The zero-order valence-electron chi connectivity index (χ0n) is 12.2. The van der Waals surface area contributed by atoms with Crippen LogP contribution in [0, 0.1) is 10.1 Å². The van der Waals surface area contributed by atoms with Gasteiger partial charge in [0.2, 0.25) is 18.1 Å². The van der Waals surface area contributed by atoms with E-state index >= 15 is 0 Å². The Hall–Kier alpha value is -2.90. The third-order valence-corrected chi connectivity index (χ3v) is 3.71. The van der Waals surface area contributed by atoms with Gasteiger partial charge in [-0.2, -0.15) is 0 Å². The Labute approximate surface area is 126 Å². The summed E-state index contributed by atoms with van der Waals surface area (Å²) < 4.78 is 1.56. The van der Waals surface area contributed by atoms with Gasteiger partial charge in [0.15, 0.2) is 0 Å². The van der Waals surface area contributed by atoms with Crippen LogP contribution in [-0.4, -0.2) is 26.9 Å². The molecule has 8 heteroatoms. The van der Waals surface area contributed by atoms with Gasteiger partial charge >= 0.3 is 5.82 Å². The Morgan fingerprint density at radius 3 is 2.91 bits per heavy atom. The average molecular weight is 301 g/mol. The first-order valence-corrected chi connectivity index (χ1v) is 6.81. The maximum Gasteiger partial charge on any atom is 0.406 e. The van der Waals surface area contributed by atoms with Gasteiger partial charge in [-0.15, -0.1) is 0 Å². The Kier molecular flexibility index (Phi) is 3.28. The van der Waals surface area contributed by atoms with Crippen LogP contribution in [0.25, 0.3) is 0 Å². The molecule has 1 aromatic carbocycles. The molecule has 2 heterocycles. The zero-order valence-corrected chi connectivity index (χ0v) is 12.2. The smallest absolute Gasteiger partial charge is 0.358 e. The van der Waals surface area contributed by atoms with Gasteiger partial charge in [-0.25, -0.2) is 0 Å². The second-order valence-electron chi connectivity index (χ2n) is 5.17. The summed E-state index contributed by atoms with van der Waals surface area (Å²) in [5, 5.41) is 14.0. The lowest BCUT2D eigenvalue weighted by atomic mass is 10.1. The molecule has 3 rings (SSSR count). The van der Waals surface area contributed by atoms with Crippen molar-refractivity contribution >= 4 is 28.9 Å². The number of amides is 1. The number of nitro groups is 1. The average Bonchev–Trinajstić information content (AvgIpc) is 3.03. The Morgan fingerprint density at radius 1 is 1.45 bits per heavy atom. The molecule has 0 atom stereocenters. The highest BCUT2D eigenvalue weighted by atomic mass is 16.6. The van der Waals surface area contributed by atoms with E-state index in [0.717, 1.165) is 23.4 Å². The lowest BCUT2D eigenvalue weighted by molar-refractivity contribution is -0.388. The third kappa shape index (κ3) is 2.28. The van der Waals surface area contributed by atoms with Gasteiger partial charge in [0, 0.05) is 31.9 Å². The van der Waals surface area contributed by atoms with Crippen LogP contribution in [0.1, 0.15) is 12.5 Å². The van der Waals surface area contributed by atoms with Crippen LogP contribution in [-0.2, 0) is 18.3 Å². The summed E-state index contributed by atoms with van der Waals surface area (Å²) in [4.78, 5) is 27.5. The van der Waals surface area contributed by atoms with Crippen molar-refractivity contribution in [3.8, 4) is 0 Å². The SMILES string of the molecule is CC(=O)N1CCc2cc(Nc3c([N+](=O)[O-])ncn3C)ccc21. The number of imidazole rings is 1. The van der Waals surface area contributed by atoms with E-state index in [1.807, 2.05) is 12.1 Å². The second-order valence-corrected chi connectivity index (χ2v) is 5.17. The van der Waals surface area contributed by atoms with Crippen molar-refractivity contribution in [2.45, 2.75) is 13.3 Å². The number of aryl methyl sites for hydroxylation is 1.